The molecule has 0 saturated carbocycles. The number of pyridine rings is 1. The number of aliphatic hydroxyl groups is 1. The summed E-state index contributed by atoms with van der Waals surface area (Å²) in [7, 11) is 0. The first-order chi connectivity index (χ1) is 7.73. The number of hydrogen-bond acceptors (Lipinski definition) is 3. The van der Waals surface area contributed by atoms with Gasteiger partial charge in [-0.15, -0.1) is 0 Å². The molecule has 0 aliphatic rings. The van der Waals surface area contributed by atoms with Crippen molar-refractivity contribution in [3.63, 3.8) is 0 Å². The Balaban J connectivity index is 3.40. The molecule has 96 valence electrons. The molecule has 0 amide bonds. The Labute approximate surface area is 97.5 Å². The van der Waals surface area contributed by atoms with Crippen molar-refractivity contribution in [2.24, 2.45) is 11.7 Å². The summed E-state index contributed by atoms with van der Waals surface area (Å²) in [5, 5.41) is 10.2. The highest BCUT2D eigenvalue weighted by molar-refractivity contribution is 5.32. The molecule has 17 heavy (non-hydrogen) atoms. The number of aromatic nitrogens is 1. The van der Waals surface area contributed by atoms with Gasteiger partial charge in [0.25, 0.3) is 0 Å². The van der Waals surface area contributed by atoms with E-state index in [0.29, 0.717) is 0 Å². The van der Waals surface area contributed by atoms with Gasteiger partial charge >= 0.3 is 6.18 Å². The van der Waals surface area contributed by atoms with Crippen LogP contribution in [0.15, 0.2) is 18.5 Å². The molecule has 3 nitrogen and oxygen atoms in total. The van der Waals surface area contributed by atoms with Gasteiger partial charge in [-0.05, 0) is 12.0 Å². The van der Waals surface area contributed by atoms with Crippen LogP contribution in [-0.2, 0) is 11.8 Å². The highest BCUT2D eigenvalue weighted by Crippen LogP contribution is 2.38. The summed E-state index contributed by atoms with van der Waals surface area (Å²) >= 11 is 0. The molecule has 1 rings (SSSR count). The summed E-state index contributed by atoms with van der Waals surface area (Å²) < 4.78 is 38.4. The average molecular weight is 248 g/mol. The van der Waals surface area contributed by atoms with Crippen LogP contribution in [0.1, 0.15) is 25.0 Å². The molecule has 3 N–H and O–H groups in total. The predicted octanol–water partition coefficient (Wildman–Crippen LogP) is 1.90. The summed E-state index contributed by atoms with van der Waals surface area (Å²) in [6, 6.07) is 0.846. The van der Waals surface area contributed by atoms with Crippen LogP contribution < -0.4 is 5.73 Å². The fourth-order valence-electron chi connectivity index (χ4n) is 1.64. The van der Waals surface area contributed by atoms with Gasteiger partial charge in [0.2, 0.25) is 0 Å². The summed E-state index contributed by atoms with van der Waals surface area (Å²) in [5.74, 6) is -0.446. The Morgan fingerprint density at radius 3 is 2.35 bits per heavy atom. The van der Waals surface area contributed by atoms with Crippen LogP contribution in [0, 0.1) is 5.92 Å². The van der Waals surface area contributed by atoms with Crippen molar-refractivity contribution >= 4 is 0 Å². The van der Waals surface area contributed by atoms with Gasteiger partial charge in [0, 0.05) is 24.5 Å². The van der Waals surface area contributed by atoms with Crippen LogP contribution in [0.2, 0.25) is 0 Å². The predicted molar refractivity (Wildman–Crippen MR) is 57.0 cm³/mol. The number of hydrogen-bond donors (Lipinski definition) is 2. The molecule has 0 saturated heterocycles. The monoisotopic (exact) mass is 248 g/mol. The van der Waals surface area contributed by atoms with Crippen LogP contribution in [0.4, 0.5) is 13.2 Å². The van der Waals surface area contributed by atoms with Gasteiger partial charge in [-0.1, -0.05) is 13.8 Å². The van der Waals surface area contributed by atoms with Gasteiger partial charge in [-0.2, -0.15) is 13.2 Å². The first kappa shape index (κ1) is 13.9. The Morgan fingerprint density at radius 2 is 1.94 bits per heavy atom. The van der Waals surface area contributed by atoms with Crippen molar-refractivity contribution in [1.82, 2.24) is 4.98 Å². The number of rotatable bonds is 3. The second-order valence-electron chi connectivity index (χ2n) is 4.20. The second-order valence-corrected chi connectivity index (χ2v) is 4.20. The molecule has 0 spiro atoms. The first-order valence-electron chi connectivity index (χ1n) is 5.17. The third-order valence-electron chi connectivity index (χ3n) is 2.86. The molecule has 6 heteroatoms. The molecule has 0 radical (unpaired) electrons. The number of alkyl halides is 3. The van der Waals surface area contributed by atoms with Crippen LogP contribution in [0.3, 0.4) is 0 Å². The minimum atomic E-state index is -4.53. The van der Waals surface area contributed by atoms with Crippen molar-refractivity contribution in [2.45, 2.75) is 25.6 Å². The highest BCUT2D eigenvalue weighted by Gasteiger charge is 2.41. The lowest BCUT2D eigenvalue weighted by Crippen LogP contribution is -2.41. The lowest BCUT2D eigenvalue weighted by atomic mass is 9.82. The van der Waals surface area contributed by atoms with Crippen molar-refractivity contribution in [3.05, 3.63) is 29.6 Å². The molecule has 1 unspecified atom stereocenters. The molecule has 0 fully saturated rings. The van der Waals surface area contributed by atoms with Crippen LogP contribution >= 0.6 is 0 Å². The number of nitrogens with zero attached hydrogens (tertiary/aromatic N) is 1. The van der Waals surface area contributed by atoms with Crippen LogP contribution in [-0.4, -0.2) is 16.6 Å². The lowest BCUT2D eigenvalue weighted by Gasteiger charge is -2.33. The standard InChI is InChI=1S/C11H15F3N2O/c1-7(2)10(17,6-15)9-5-16-4-3-8(9)11(12,13)14/h3-5,7,17H,6,15H2,1-2H3. The van der Waals surface area contributed by atoms with E-state index < -0.39 is 23.3 Å². The summed E-state index contributed by atoms with van der Waals surface area (Å²) in [6.45, 7) is 2.93. The third-order valence-corrected chi connectivity index (χ3v) is 2.86. The molecule has 0 aliphatic carbocycles. The summed E-state index contributed by atoms with van der Waals surface area (Å²) in [6.07, 6.45) is -2.46. The Kier molecular flexibility index (Phi) is 3.78. The zero-order valence-corrected chi connectivity index (χ0v) is 9.62. The number of nitrogens with two attached hydrogens (primary N) is 1. The molecule has 1 atom stereocenters. The number of halogens is 3. The van der Waals surface area contributed by atoms with E-state index in [1.165, 1.54) is 0 Å². The van der Waals surface area contributed by atoms with E-state index in [4.69, 9.17) is 5.73 Å². The van der Waals surface area contributed by atoms with Gasteiger partial charge in [0.1, 0.15) is 5.60 Å². The van der Waals surface area contributed by atoms with E-state index in [-0.39, 0.29) is 12.1 Å². The first-order valence-corrected chi connectivity index (χ1v) is 5.17. The molecule has 1 aromatic heterocycles. The smallest absolute Gasteiger partial charge is 0.383 e. The minimum absolute atomic E-state index is 0.273. The van der Waals surface area contributed by atoms with Crippen molar-refractivity contribution in [1.29, 1.82) is 0 Å². The van der Waals surface area contributed by atoms with Gasteiger partial charge < -0.3 is 10.8 Å². The van der Waals surface area contributed by atoms with Crippen LogP contribution in [0.25, 0.3) is 0 Å². The maximum absolute atomic E-state index is 12.8. The van der Waals surface area contributed by atoms with Crippen molar-refractivity contribution in [2.75, 3.05) is 6.54 Å². The van der Waals surface area contributed by atoms with E-state index in [2.05, 4.69) is 4.98 Å². The molecule has 1 heterocycles. The van der Waals surface area contributed by atoms with E-state index in [9.17, 15) is 18.3 Å². The Bertz CT molecular complexity index is 393. The van der Waals surface area contributed by atoms with Crippen molar-refractivity contribution in [3.8, 4) is 0 Å². The Hall–Kier alpha value is -1.14. The van der Waals surface area contributed by atoms with Crippen molar-refractivity contribution < 1.29 is 18.3 Å². The maximum Gasteiger partial charge on any atom is 0.416 e. The van der Waals surface area contributed by atoms with E-state index in [1.807, 2.05) is 0 Å². The maximum atomic E-state index is 12.8. The quantitative estimate of drug-likeness (QED) is 0.859. The van der Waals surface area contributed by atoms with Crippen LogP contribution in [0.5, 0.6) is 0 Å². The minimum Gasteiger partial charge on any atom is -0.383 e. The third kappa shape index (κ3) is 2.58. The fourth-order valence-corrected chi connectivity index (χ4v) is 1.64. The molecule has 0 aromatic carbocycles. The summed E-state index contributed by atoms with van der Waals surface area (Å²) in [5.41, 5.74) is 2.52. The van der Waals surface area contributed by atoms with E-state index in [0.717, 1.165) is 18.5 Å². The average Bonchev–Trinajstić information content (AvgIpc) is 2.26. The topological polar surface area (TPSA) is 59.1 Å². The Morgan fingerprint density at radius 1 is 1.35 bits per heavy atom. The largest absolute Gasteiger partial charge is 0.416 e. The van der Waals surface area contributed by atoms with E-state index in [1.54, 1.807) is 13.8 Å². The molecular formula is C11H15F3N2O. The zero-order chi connectivity index (χ0) is 13.3. The molecular weight excluding hydrogens is 233 g/mol. The van der Waals surface area contributed by atoms with E-state index >= 15 is 0 Å². The molecule has 1 aromatic rings. The molecule has 0 aliphatic heterocycles. The van der Waals surface area contributed by atoms with Gasteiger partial charge in [-0.3, -0.25) is 4.98 Å². The second kappa shape index (κ2) is 4.62. The molecule has 0 bridgehead atoms. The van der Waals surface area contributed by atoms with Gasteiger partial charge in [0.05, 0.1) is 5.56 Å². The van der Waals surface area contributed by atoms with Gasteiger partial charge in [0.15, 0.2) is 0 Å². The normalized spacial score (nSPS) is 16.0. The summed E-state index contributed by atoms with van der Waals surface area (Å²) in [4.78, 5) is 3.64. The highest BCUT2D eigenvalue weighted by atomic mass is 19.4. The fraction of sp³-hybridized carbons (Fsp3) is 0.545. The van der Waals surface area contributed by atoms with Gasteiger partial charge in [-0.25, -0.2) is 0 Å². The SMILES string of the molecule is CC(C)C(O)(CN)c1cnccc1C(F)(F)F. The zero-order valence-electron chi connectivity index (χ0n) is 9.62. The lowest BCUT2D eigenvalue weighted by molar-refractivity contribution is -0.141.